The monoisotopic (exact) mass is 298 g/mol. The van der Waals surface area contributed by atoms with E-state index in [4.69, 9.17) is 11.6 Å². The van der Waals surface area contributed by atoms with Gasteiger partial charge in [0.2, 0.25) is 0 Å². The van der Waals surface area contributed by atoms with E-state index in [0.29, 0.717) is 0 Å². The highest BCUT2D eigenvalue weighted by Gasteiger charge is 2.02. The number of H-pyrrole nitrogens is 1. The van der Waals surface area contributed by atoms with Crippen molar-refractivity contribution < 1.29 is 0 Å². The van der Waals surface area contributed by atoms with Crippen LogP contribution < -0.4 is 5.32 Å². The second-order valence-corrected chi connectivity index (χ2v) is 5.67. The molecule has 3 heteroatoms. The van der Waals surface area contributed by atoms with E-state index in [-0.39, 0.29) is 0 Å². The Hall–Kier alpha value is -1.77. The summed E-state index contributed by atoms with van der Waals surface area (Å²) in [5, 5.41) is 5.63. The molecular weight excluding hydrogens is 280 g/mol. The molecule has 1 aromatic heterocycles. The summed E-state index contributed by atoms with van der Waals surface area (Å²) in [5.41, 5.74) is 3.91. The molecule has 2 nitrogen and oxygen atoms in total. The maximum Gasteiger partial charge on any atom is 0.0456 e. The molecule has 3 aromatic rings. The first-order valence-corrected chi connectivity index (χ1v) is 7.71. The standard InChI is InChI=1S/C18H19ClN2/c19-16-7-5-14(6-8-16)9-11-20-12-10-15-13-21-18-4-2-1-3-17(15)18/h1-8,13,20-21H,9-12H2. The Morgan fingerprint density at radius 1 is 0.905 bits per heavy atom. The van der Waals surface area contributed by atoms with E-state index in [1.807, 2.05) is 12.1 Å². The highest BCUT2D eigenvalue weighted by Crippen LogP contribution is 2.17. The maximum absolute atomic E-state index is 5.88. The summed E-state index contributed by atoms with van der Waals surface area (Å²) in [4.78, 5) is 3.32. The van der Waals surface area contributed by atoms with Gasteiger partial charge in [0.25, 0.3) is 0 Å². The van der Waals surface area contributed by atoms with Gasteiger partial charge in [-0.25, -0.2) is 0 Å². The van der Waals surface area contributed by atoms with Crippen molar-refractivity contribution in [2.45, 2.75) is 12.8 Å². The lowest BCUT2D eigenvalue weighted by molar-refractivity contribution is 0.683. The van der Waals surface area contributed by atoms with Crippen molar-refractivity contribution in [1.82, 2.24) is 10.3 Å². The van der Waals surface area contributed by atoms with Crippen LogP contribution in [-0.4, -0.2) is 18.1 Å². The predicted molar refractivity (Wildman–Crippen MR) is 90.0 cm³/mol. The van der Waals surface area contributed by atoms with Crippen molar-refractivity contribution in [3.8, 4) is 0 Å². The Morgan fingerprint density at radius 3 is 2.52 bits per heavy atom. The van der Waals surface area contributed by atoms with Gasteiger partial charge in [-0.3, -0.25) is 0 Å². The van der Waals surface area contributed by atoms with Crippen LogP contribution in [-0.2, 0) is 12.8 Å². The van der Waals surface area contributed by atoms with Gasteiger partial charge in [-0.2, -0.15) is 0 Å². The van der Waals surface area contributed by atoms with E-state index < -0.39 is 0 Å². The highest BCUT2D eigenvalue weighted by atomic mass is 35.5. The molecule has 2 aromatic carbocycles. The molecule has 2 N–H and O–H groups in total. The fourth-order valence-electron chi connectivity index (χ4n) is 2.57. The predicted octanol–water partition coefficient (Wildman–Crippen LogP) is 4.20. The molecule has 108 valence electrons. The van der Waals surface area contributed by atoms with Gasteiger partial charge in [0.15, 0.2) is 0 Å². The Balaban J connectivity index is 1.45. The lowest BCUT2D eigenvalue weighted by atomic mass is 10.1. The fraction of sp³-hybridized carbons (Fsp3) is 0.222. The average molecular weight is 299 g/mol. The molecular formula is C18H19ClN2. The molecule has 0 saturated carbocycles. The summed E-state index contributed by atoms with van der Waals surface area (Å²) >= 11 is 5.88. The zero-order valence-corrected chi connectivity index (χ0v) is 12.7. The first-order chi connectivity index (χ1) is 10.3. The average Bonchev–Trinajstić information content (AvgIpc) is 2.92. The topological polar surface area (TPSA) is 27.8 Å². The van der Waals surface area contributed by atoms with E-state index in [1.54, 1.807) is 0 Å². The van der Waals surface area contributed by atoms with Crippen molar-refractivity contribution in [2.24, 2.45) is 0 Å². The van der Waals surface area contributed by atoms with Crippen LogP contribution in [0.25, 0.3) is 10.9 Å². The van der Waals surface area contributed by atoms with E-state index >= 15 is 0 Å². The van der Waals surface area contributed by atoms with Crippen LogP contribution in [0.3, 0.4) is 0 Å². The summed E-state index contributed by atoms with van der Waals surface area (Å²) in [7, 11) is 0. The van der Waals surface area contributed by atoms with Crippen molar-refractivity contribution in [1.29, 1.82) is 0 Å². The molecule has 0 spiro atoms. The van der Waals surface area contributed by atoms with Gasteiger partial charge in [-0.1, -0.05) is 41.9 Å². The van der Waals surface area contributed by atoms with Crippen LogP contribution in [0.4, 0.5) is 0 Å². The third-order valence-electron chi connectivity index (χ3n) is 3.75. The summed E-state index contributed by atoms with van der Waals surface area (Å²) in [6, 6.07) is 16.5. The normalized spacial score (nSPS) is 11.1. The minimum Gasteiger partial charge on any atom is -0.361 e. The number of aromatic amines is 1. The van der Waals surface area contributed by atoms with Gasteiger partial charge in [0.05, 0.1) is 0 Å². The number of halogens is 1. The third-order valence-corrected chi connectivity index (χ3v) is 4.00. The molecule has 0 atom stereocenters. The fourth-order valence-corrected chi connectivity index (χ4v) is 2.70. The second-order valence-electron chi connectivity index (χ2n) is 5.24. The molecule has 0 bridgehead atoms. The smallest absolute Gasteiger partial charge is 0.0456 e. The molecule has 21 heavy (non-hydrogen) atoms. The molecule has 0 aliphatic carbocycles. The Kier molecular flexibility index (Phi) is 4.59. The number of nitrogens with one attached hydrogen (secondary N) is 2. The van der Waals surface area contributed by atoms with Crippen LogP contribution in [0.2, 0.25) is 5.02 Å². The first kappa shape index (κ1) is 14.2. The SMILES string of the molecule is Clc1ccc(CCNCCc2c[nH]c3ccccc23)cc1. The van der Waals surface area contributed by atoms with Gasteiger partial charge in [-0.05, 0) is 55.3 Å². The zero-order chi connectivity index (χ0) is 14.5. The number of hydrogen-bond acceptors (Lipinski definition) is 1. The van der Waals surface area contributed by atoms with E-state index in [2.05, 4.69) is 52.9 Å². The molecule has 1 heterocycles. The number of hydrogen-bond donors (Lipinski definition) is 2. The lowest BCUT2D eigenvalue weighted by Gasteiger charge is -2.05. The van der Waals surface area contributed by atoms with Gasteiger partial charge >= 0.3 is 0 Å². The molecule has 0 saturated heterocycles. The number of para-hydroxylation sites is 1. The van der Waals surface area contributed by atoms with Crippen molar-refractivity contribution in [2.75, 3.05) is 13.1 Å². The van der Waals surface area contributed by atoms with E-state index in [1.165, 1.54) is 22.0 Å². The number of aromatic nitrogens is 1. The summed E-state index contributed by atoms with van der Waals surface area (Å²) in [5.74, 6) is 0. The van der Waals surface area contributed by atoms with E-state index in [0.717, 1.165) is 31.0 Å². The van der Waals surface area contributed by atoms with Gasteiger partial charge in [0.1, 0.15) is 0 Å². The minimum atomic E-state index is 0.797. The molecule has 0 unspecified atom stereocenters. The summed E-state index contributed by atoms with van der Waals surface area (Å²) in [6.07, 6.45) is 4.20. The quantitative estimate of drug-likeness (QED) is 0.656. The molecule has 0 aliphatic rings. The molecule has 3 rings (SSSR count). The van der Waals surface area contributed by atoms with Gasteiger partial charge in [-0.15, -0.1) is 0 Å². The number of rotatable bonds is 6. The number of benzene rings is 2. The lowest BCUT2D eigenvalue weighted by Crippen LogP contribution is -2.20. The summed E-state index contributed by atoms with van der Waals surface area (Å²) in [6.45, 7) is 1.99. The van der Waals surface area contributed by atoms with Crippen molar-refractivity contribution >= 4 is 22.5 Å². The van der Waals surface area contributed by atoms with Gasteiger partial charge in [0, 0.05) is 22.1 Å². The Labute approximate surface area is 130 Å². The minimum absolute atomic E-state index is 0.797. The molecule has 0 aliphatic heterocycles. The van der Waals surface area contributed by atoms with Crippen LogP contribution >= 0.6 is 11.6 Å². The Morgan fingerprint density at radius 2 is 1.67 bits per heavy atom. The number of fused-ring (bicyclic) bond motifs is 1. The highest BCUT2D eigenvalue weighted by molar-refractivity contribution is 6.30. The first-order valence-electron chi connectivity index (χ1n) is 7.33. The molecule has 0 radical (unpaired) electrons. The van der Waals surface area contributed by atoms with Crippen molar-refractivity contribution in [3.63, 3.8) is 0 Å². The van der Waals surface area contributed by atoms with Crippen molar-refractivity contribution in [3.05, 3.63) is 70.9 Å². The summed E-state index contributed by atoms with van der Waals surface area (Å²) < 4.78 is 0. The molecule has 0 amide bonds. The zero-order valence-electron chi connectivity index (χ0n) is 11.9. The second kappa shape index (κ2) is 6.79. The maximum atomic E-state index is 5.88. The molecule has 0 fully saturated rings. The van der Waals surface area contributed by atoms with E-state index in [9.17, 15) is 0 Å². The van der Waals surface area contributed by atoms with Crippen LogP contribution in [0.15, 0.2) is 54.7 Å². The Bertz CT molecular complexity index is 701. The van der Waals surface area contributed by atoms with Crippen LogP contribution in [0.1, 0.15) is 11.1 Å². The van der Waals surface area contributed by atoms with Crippen LogP contribution in [0.5, 0.6) is 0 Å². The van der Waals surface area contributed by atoms with Gasteiger partial charge < -0.3 is 10.3 Å². The third kappa shape index (κ3) is 3.66. The van der Waals surface area contributed by atoms with Crippen LogP contribution in [0, 0.1) is 0 Å². The largest absolute Gasteiger partial charge is 0.361 e.